The number of sulfonamides is 1. The van der Waals surface area contributed by atoms with E-state index in [0.29, 0.717) is 29.8 Å². The quantitative estimate of drug-likeness (QED) is 0.563. The van der Waals surface area contributed by atoms with Crippen molar-refractivity contribution in [3.8, 4) is 0 Å². The SMILES string of the molecule is NC1CCC(NC(=O)C2N(C(=O)c3ccc(Cl)cc3)CCCN2S(=O)(=O)c2ccc(Cl)c(Cl)c2)CC1. The fourth-order valence-corrected chi connectivity index (χ4v) is 6.71. The van der Waals surface area contributed by atoms with E-state index in [1.54, 1.807) is 24.3 Å². The molecule has 0 bridgehead atoms. The topological polar surface area (TPSA) is 113 Å². The lowest BCUT2D eigenvalue weighted by Gasteiger charge is -2.42. The van der Waals surface area contributed by atoms with E-state index in [4.69, 9.17) is 40.5 Å². The predicted octanol–water partition coefficient (Wildman–Crippen LogP) is 3.90. The van der Waals surface area contributed by atoms with E-state index in [1.807, 2.05) is 0 Å². The maximum Gasteiger partial charge on any atom is 0.259 e. The molecule has 0 radical (unpaired) electrons. The Kier molecular flexibility index (Phi) is 8.49. The van der Waals surface area contributed by atoms with Crippen molar-refractivity contribution < 1.29 is 18.0 Å². The van der Waals surface area contributed by atoms with Crippen LogP contribution in [0.15, 0.2) is 47.4 Å². The molecular formula is C24H27Cl3N4O4S. The molecule has 1 aliphatic carbocycles. The number of nitrogens with zero attached hydrogens (tertiary/aromatic N) is 2. The minimum Gasteiger partial charge on any atom is -0.350 e. The first-order valence-electron chi connectivity index (χ1n) is 11.7. The highest BCUT2D eigenvalue weighted by Gasteiger charge is 2.45. The molecule has 194 valence electrons. The standard InChI is InChI=1S/C24H27Cl3N4O4S/c25-16-4-2-15(3-5-16)24(33)30-12-1-13-31(36(34,35)19-10-11-20(26)21(27)14-19)23(30)22(32)29-18-8-6-17(28)7-9-18/h2-5,10-11,14,17-18,23H,1,6-9,12-13,28H2,(H,29,32). The van der Waals surface area contributed by atoms with Gasteiger partial charge < -0.3 is 16.0 Å². The average molecular weight is 574 g/mol. The van der Waals surface area contributed by atoms with Crippen LogP contribution in [0.5, 0.6) is 0 Å². The van der Waals surface area contributed by atoms with E-state index in [2.05, 4.69) is 5.32 Å². The summed E-state index contributed by atoms with van der Waals surface area (Å²) in [5, 5.41) is 3.70. The normalized spacial score (nSPS) is 23.3. The van der Waals surface area contributed by atoms with Gasteiger partial charge >= 0.3 is 0 Å². The van der Waals surface area contributed by atoms with Crippen LogP contribution in [0.1, 0.15) is 42.5 Å². The number of rotatable bonds is 5. The summed E-state index contributed by atoms with van der Waals surface area (Å²) in [5.41, 5.74) is 6.29. The monoisotopic (exact) mass is 572 g/mol. The lowest BCUT2D eigenvalue weighted by atomic mass is 9.92. The fourth-order valence-electron chi connectivity index (χ4n) is 4.60. The van der Waals surface area contributed by atoms with E-state index in [-0.39, 0.29) is 40.1 Å². The highest BCUT2D eigenvalue weighted by atomic mass is 35.5. The van der Waals surface area contributed by atoms with Gasteiger partial charge in [-0.25, -0.2) is 8.42 Å². The van der Waals surface area contributed by atoms with Gasteiger partial charge in [-0.3, -0.25) is 9.59 Å². The summed E-state index contributed by atoms with van der Waals surface area (Å²) < 4.78 is 28.5. The van der Waals surface area contributed by atoms with Crippen LogP contribution >= 0.6 is 34.8 Å². The summed E-state index contributed by atoms with van der Waals surface area (Å²) in [6, 6.07) is 10.1. The van der Waals surface area contributed by atoms with Gasteiger partial charge in [0, 0.05) is 35.8 Å². The van der Waals surface area contributed by atoms with Gasteiger partial charge in [-0.1, -0.05) is 34.8 Å². The van der Waals surface area contributed by atoms with Gasteiger partial charge in [-0.05, 0) is 74.6 Å². The van der Waals surface area contributed by atoms with Crippen LogP contribution in [0.3, 0.4) is 0 Å². The Morgan fingerprint density at radius 3 is 2.22 bits per heavy atom. The van der Waals surface area contributed by atoms with Crippen molar-refractivity contribution in [2.75, 3.05) is 13.1 Å². The number of benzene rings is 2. The highest BCUT2D eigenvalue weighted by molar-refractivity contribution is 7.89. The molecule has 1 unspecified atom stereocenters. The fraction of sp³-hybridized carbons (Fsp3) is 0.417. The molecule has 2 aliphatic rings. The minimum atomic E-state index is -4.21. The molecule has 36 heavy (non-hydrogen) atoms. The Morgan fingerprint density at radius 2 is 1.58 bits per heavy atom. The van der Waals surface area contributed by atoms with Crippen molar-refractivity contribution in [1.82, 2.24) is 14.5 Å². The molecule has 12 heteroatoms. The molecule has 2 aromatic rings. The first kappa shape index (κ1) is 27.2. The number of carbonyl (C=O) groups is 2. The van der Waals surface area contributed by atoms with Crippen LogP contribution < -0.4 is 11.1 Å². The van der Waals surface area contributed by atoms with Crippen LogP contribution in [0.25, 0.3) is 0 Å². The summed E-state index contributed by atoms with van der Waals surface area (Å²) in [4.78, 5) is 28.3. The first-order chi connectivity index (χ1) is 17.1. The number of hydrogen-bond acceptors (Lipinski definition) is 5. The molecule has 1 aliphatic heterocycles. The minimum absolute atomic E-state index is 0.0562. The molecule has 8 nitrogen and oxygen atoms in total. The van der Waals surface area contributed by atoms with Crippen LogP contribution in [0, 0.1) is 0 Å². The predicted molar refractivity (Wildman–Crippen MR) is 140 cm³/mol. The van der Waals surface area contributed by atoms with Crippen LogP contribution in [0.2, 0.25) is 15.1 Å². The van der Waals surface area contributed by atoms with Crippen LogP contribution in [0.4, 0.5) is 0 Å². The highest BCUT2D eigenvalue weighted by Crippen LogP contribution is 2.30. The molecule has 1 atom stereocenters. The molecule has 4 rings (SSSR count). The zero-order chi connectivity index (χ0) is 26.0. The number of nitrogens with one attached hydrogen (secondary N) is 1. The Bertz CT molecular complexity index is 1230. The number of halogens is 3. The van der Waals surface area contributed by atoms with Gasteiger partial charge in [0.1, 0.15) is 0 Å². The summed E-state index contributed by atoms with van der Waals surface area (Å²) >= 11 is 18.0. The second kappa shape index (κ2) is 11.2. The molecular weight excluding hydrogens is 547 g/mol. The van der Waals surface area contributed by atoms with Crippen LogP contribution in [-0.2, 0) is 14.8 Å². The summed E-state index contributed by atoms with van der Waals surface area (Å²) in [6.07, 6.45) is 1.86. The van der Waals surface area contributed by atoms with Crippen molar-refractivity contribution in [1.29, 1.82) is 0 Å². The van der Waals surface area contributed by atoms with Gasteiger partial charge in [0.05, 0.1) is 14.9 Å². The van der Waals surface area contributed by atoms with E-state index < -0.39 is 28.0 Å². The molecule has 1 heterocycles. The third kappa shape index (κ3) is 5.82. The van der Waals surface area contributed by atoms with Crippen molar-refractivity contribution in [3.05, 3.63) is 63.1 Å². The molecule has 1 saturated heterocycles. The molecule has 3 N–H and O–H groups in total. The lowest BCUT2D eigenvalue weighted by Crippen LogP contribution is -2.64. The Morgan fingerprint density at radius 1 is 0.917 bits per heavy atom. The number of amides is 2. The number of hydrogen-bond donors (Lipinski definition) is 2. The zero-order valence-electron chi connectivity index (χ0n) is 19.4. The zero-order valence-corrected chi connectivity index (χ0v) is 22.5. The van der Waals surface area contributed by atoms with Crippen molar-refractivity contribution in [2.24, 2.45) is 5.73 Å². The van der Waals surface area contributed by atoms with Gasteiger partial charge in [-0.15, -0.1) is 0 Å². The second-order valence-corrected chi connectivity index (χ2v) is 12.2. The lowest BCUT2D eigenvalue weighted by molar-refractivity contribution is -0.132. The third-order valence-corrected chi connectivity index (χ3v) is 9.39. The average Bonchev–Trinajstić information content (AvgIpc) is 2.86. The smallest absolute Gasteiger partial charge is 0.259 e. The largest absolute Gasteiger partial charge is 0.350 e. The van der Waals surface area contributed by atoms with Gasteiger partial charge in [0.15, 0.2) is 6.17 Å². The van der Waals surface area contributed by atoms with E-state index in [9.17, 15) is 18.0 Å². The van der Waals surface area contributed by atoms with Crippen molar-refractivity contribution in [2.45, 2.75) is 55.2 Å². The molecule has 0 spiro atoms. The van der Waals surface area contributed by atoms with E-state index in [0.717, 1.165) is 17.1 Å². The van der Waals surface area contributed by atoms with E-state index >= 15 is 0 Å². The van der Waals surface area contributed by atoms with Gasteiger partial charge in [0.25, 0.3) is 11.8 Å². The molecule has 0 aromatic heterocycles. The van der Waals surface area contributed by atoms with Crippen molar-refractivity contribution in [3.63, 3.8) is 0 Å². The van der Waals surface area contributed by atoms with Crippen molar-refractivity contribution >= 4 is 56.6 Å². The first-order valence-corrected chi connectivity index (χ1v) is 14.2. The number of carbonyl (C=O) groups excluding carboxylic acids is 2. The van der Waals surface area contributed by atoms with Gasteiger partial charge in [-0.2, -0.15) is 4.31 Å². The molecule has 2 aromatic carbocycles. The summed E-state index contributed by atoms with van der Waals surface area (Å²) in [5.74, 6) is -1.02. The number of nitrogens with two attached hydrogens (primary N) is 1. The molecule has 2 fully saturated rings. The third-order valence-electron chi connectivity index (χ3n) is 6.55. The Labute approximate surface area is 225 Å². The van der Waals surface area contributed by atoms with Gasteiger partial charge in [0.2, 0.25) is 10.0 Å². The maximum absolute atomic E-state index is 13.7. The molecule has 2 amide bonds. The summed E-state index contributed by atoms with van der Waals surface area (Å²) in [7, 11) is -4.21. The van der Waals surface area contributed by atoms with E-state index in [1.165, 1.54) is 23.1 Å². The second-order valence-electron chi connectivity index (χ2n) is 9.04. The Hall–Kier alpha value is -1.88. The van der Waals surface area contributed by atoms with Crippen LogP contribution in [-0.4, -0.2) is 60.8 Å². The maximum atomic E-state index is 13.7. The summed E-state index contributed by atoms with van der Waals surface area (Å²) in [6.45, 7) is 0.267. The molecule has 1 saturated carbocycles. The Balaban J connectivity index is 1.70.